The van der Waals surface area contributed by atoms with Gasteiger partial charge in [0.05, 0.1) is 0 Å². The van der Waals surface area contributed by atoms with Crippen molar-refractivity contribution in [1.82, 2.24) is 10.2 Å². The predicted octanol–water partition coefficient (Wildman–Crippen LogP) is 3.92. The Morgan fingerprint density at radius 1 is 1.24 bits per heavy atom. The van der Waals surface area contributed by atoms with Gasteiger partial charge in [-0.1, -0.05) is 31.2 Å². The number of fused-ring (bicyclic) bond motifs is 1. The van der Waals surface area contributed by atoms with E-state index in [0.717, 1.165) is 6.04 Å². The zero-order chi connectivity index (χ0) is 14.7. The van der Waals surface area contributed by atoms with E-state index in [-0.39, 0.29) is 0 Å². The number of nitrogens with zero attached hydrogens (tertiary/aromatic N) is 1. The van der Waals surface area contributed by atoms with E-state index >= 15 is 0 Å². The molecule has 1 fully saturated rings. The van der Waals surface area contributed by atoms with Gasteiger partial charge in [0.15, 0.2) is 0 Å². The summed E-state index contributed by atoms with van der Waals surface area (Å²) in [6.45, 7) is 7.10. The molecule has 1 aliphatic carbocycles. The van der Waals surface area contributed by atoms with Crippen molar-refractivity contribution in [3.63, 3.8) is 0 Å². The van der Waals surface area contributed by atoms with E-state index < -0.39 is 0 Å². The lowest BCUT2D eigenvalue weighted by atomic mass is 9.84. The van der Waals surface area contributed by atoms with Crippen LogP contribution < -0.4 is 5.32 Å². The lowest BCUT2D eigenvalue weighted by molar-refractivity contribution is 0.0782. The molecule has 0 saturated carbocycles. The monoisotopic (exact) mass is 286 g/mol. The van der Waals surface area contributed by atoms with Gasteiger partial charge in [0.1, 0.15) is 0 Å². The second kappa shape index (κ2) is 6.93. The minimum Gasteiger partial charge on any atom is -0.314 e. The second-order valence-electron chi connectivity index (χ2n) is 6.87. The number of benzene rings is 1. The van der Waals surface area contributed by atoms with Crippen molar-refractivity contribution in [2.24, 2.45) is 0 Å². The molecule has 1 aliphatic heterocycles. The van der Waals surface area contributed by atoms with Crippen molar-refractivity contribution >= 4 is 0 Å². The second-order valence-corrected chi connectivity index (χ2v) is 6.87. The lowest BCUT2D eigenvalue weighted by Gasteiger charge is -2.44. The summed E-state index contributed by atoms with van der Waals surface area (Å²) >= 11 is 0. The topological polar surface area (TPSA) is 15.3 Å². The molecule has 1 saturated heterocycles. The van der Waals surface area contributed by atoms with Crippen LogP contribution in [-0.4, -0.2) is 30.1 Å². The number of likely N-dealkylation sites (tertiary alicyclic amines) is 1. The Bertz CT molecular complexity index is 457. The fourth-order valence-electron chi connectivity index (χ4n) is 4.26. The van der Waals surface area contributed by atoms with Gasteiger partial charge in [-0.2, -0.15) is 0 Å². The Labute approximate surface area is 129 Å². The summed E-state index contributed by atoms with van der Waals surface area (Å²) in [6.07, 6.45) is 7.82. The summed E-state index contributed by atoms with van der Waals surface area (Å²) in [5.74, 6) is 0. The molecule has 3 unspecified atom stereocenters. The van der Waals surface area contributed by atoms with E-state index in [1.165, 1.54) is 51.6 Å². The third-order valence-electron chi connectivity index (χ3n) is 5.35. The van der Waals surface area contributed by atoms with Crippen LogP contribution in [0.15, 0.2) is 24.3 Å². The minimum absolute atomic E-state index is 0.664. The standard InChI is InChI=1S/C19H30N2/c1-3-12-20-17-11-13-21(15(2)14-17)19-10-6-8-16-7-4-5-9-18(16)19/h4-5,7,9,15,17,19-20H,3,6,8,10-14H2,1-2H3. The first-order valence-corrected chi connectivity index (χ1v) is 8.86. The highest BCUT2D eigenvalue weighted by molar-refractivity contribution is 5.32. The van der Waals surface area contributed by atoms with E-state index in [4.69, 9.17) is 0 Å². The van der Waals surface area contributed by atoms with E-state index in [2.05, 4.69) is 48.3 Å². The molecule has 0 aromatic heterocycles. The van der Waals surface area contributed by atoms with Crippen molar-refractivity contribution in [2.75, 3.05) is 13.1 Å². The number of hydrogen-bond acceptors (Lipinski definition) is 2. The predicted molar refractivity (Wildman–Crippen MR) is 89.6 cm³/mol. The van der Waals surface area contributed by atoms with Gasteiger partial charge in [-0.25, -0.2) is 0 Å². The summed E-state index contributed by atoms with van der Waals surface area (Å²) in [4.78, 5) is 2.78. The van der Waals surface area contributed by atoms with Crippen LogP contribution >= 0.6 is 0 Å². The van der Waals surface area contributed by atoms with E-state index in [1.54, 1.807) is 11.1 Å². The SMILES string of the molecule is CCCNC1CCN(C2CCCc3ccccc32)C(C)C1. The first-order chi connectivity index (χ1) is 10.3. The summed E-state index contributed by atoms with van der Waals surface area (Å²) in [5.41, 5.74) is 3.20. The molecule has 21 heavy (non-hydrogen) atoms. The lowest BCUT2D eigenvalue weighted by Crippen LogP contribution is -2.49. The highest BCUT2D eigenvalue weighted by atomic mass is 15.2. The van der Waals surface area contributed by atoms with Gasteiger partial charge in [-0.3, -0.25) is 4.90 Å². The minimum atomic E-state index is 0.664. The summed E-state index contributed by atoms with van der Waals surface area (Å²) in [6, 6.07) is 11.2. The van der Waals surface area contributed by atoms with E-state index in [1.807, 2.05) is 0 Å². The van der Waals surface area contributed by atoms with Crippen LogP contribution in [0.2, 0.25) is 0 Å². The molecule has 3 rings (SSSR count). The molecular formula is C19H30N2. The maximum Gasteiger partial charge on any atom is 0.0353 e. The summed E-state index contributed by atoms with van der Waals surface area (Å²) in [5, 5.41) is 3.72. The molecule has 0 radical (unpaired) electrons. The third kappa shape index (κ3) is 3.32. The van der Waals surface area contributed by atoms with Crippen LogP contribution in [0.3, 0.4) is 0 Å². The van der Waals surface area contributed by atoms with Crippen molar-refractivity contribution in [3.8, 4) is 0 Å². The fraction of sp³-hybridized carbons (Fsp3) is 0.684. The first-order valence-electron chi connectivity index (χ1n) is 8.86. The van der Waals surface area contributed by atoms with Gasteiger partial charge >= 0.3 is 0 Å². The quantitative estimate of drug-likeness (QED) is 0.902. The summed E-state index contributed by atoms with van der Waals surface area (Å²) < 4.78 is 0. The zero-order valence-corrected chi connectivity index (χ0v) is 13.6. The van der Waals surface area contributed by atoms with E-state index in [0.29, 0.717) is 12.1 Å². The average Bonchev–Trinajstić information content (AvgIpc) is 2.53. The molecule has 0 spiro atoms. The van der Waals surface area contributed by atoms with Crippen LogP contribution in [0.1, 0.15) is 63.1 Å². The molecule has 0 bridgehead atoms. The van der Waals surface area contributed by atoms with Gasteiger partial charge in [0, 0.05) is 24.7 Å². The first kappa shape index (κ1) is 15.1. The van der Waals surface area contributed by atoms with Gasteiger partial charge in [-0.15, -0.1) is 0 Å². The number of hydrogen-bond donors (Lipinski definition) is 1. The molecule has 2 nitrogen and oxygen atoms in total. The smallest absolute Gasteiger partial charge is 0.0353 e. The van der Waals surface area contributed by atoms with Gasteiger partial charge in [0.2, 0.25) is 0 Å². The van der Waals surface area contributed by atoms with Crippen molar-refractivity contribution in [3.05, 3.63) is 35.4 Å². The van der Waals surface area contributed by atoms with Crippen LogP contribution in [0.5, 0.6) is 0 Å². The van der Waals surface area contributed by atoms with Crippen molar-refractivity contribution in [1.29, 1.82) is 0 Å². The van der Waals surface area contributed by atoms with Crippen LogP contribution in [0.25, 0.3) is 0 Å². The van der Waals surface area contributed by atoms with Gasteiger partial charge < -0.3 is 5.32 Å². The number of nitrogens with one attached hydrogen (secondary N) is 1. The molecule has 2 heteroatoms. The molecule has 1 heterocycles. The zero-order valence-electron chi connectivity index (χ0n) is 13.6. The Morgan fingerprint density at radius 2 is 2.10 bits per heavy atom. The molecule has 1 aromatic carbocycles. The molecule has 1 aromatic rings. The van der Waals surface area contributed by atoms with E-state index in [9.17, 15) is 0 Å². The Hall–Kier alpha value is -0.860. The fourth-order valence-corrected chi connectivity index (χ4v) is 4.26. The van der Waals surface area contributed by atoms with Crippen LogP contribution in [0, 0.1) is 0 Å². The number of rotatable bonds is 4. The molecular weight excluding hydrogens is 256 g/mol. The van der Waals surface area contributed by atoms with Crippen molar-refractivity contribution < 1.29 is 0 Å². The van der Waals surface area contributed by atoms with Gasteiger partial charge in [0.25, 0.3) is 0 Å². The maximum atomic E-state index is 3.72. The molecule has 0 amide bonds. The highest BCUT2D eigenvalue weighted by Gasteiger charge is 2.32. The Kier molecular flexibility index (Phi) is 4.97. The average molecular weight is 286 g/mol. The normalized spacial score (nSPS) is 30.1. The van der Waals surface area contributed by atoms with Crippen LogP contribution in [-0.2, 0) is 6.42 Å². The Balaban J connectivity index is 1.68. The molecule has 3 atom stereocenters. The highest BCUT2D eigenvalue weighted by Crippen LogP contribution is 2.37. The molecule has 1 N–H and O–H groups in total. The molecule has 2 aliphatic rings. The van der Waals surface area contributed by atoms with Gasteiger partial charge in [-0.05, 0) is 63.1 Å². The molecule has 116 valence electrons. The van der Waals surface area contributed by atoms with Crippen molar-refractivity contribution in [2.45, 2.75) is 70.5 Å². The summed E-state index contributed by atoms with van der Waals surface area (Å²) in [7, 11) is 0. The number of piperidine rings is 1. The number of aryl methyl sites for hydroxylation is 1. The maximum absolute atomic E-state index is 3.72. The van der Waals surface area contributed by atoms with Crippen LogP contribution in [0.4, 0.5) is 0 Å². The largest absolute Gasteiger partial charge is 0.314 e. The Morgan fingerprint density at radius 3 is 2.90 bits per heavy atom. The third-order valence-corrected chi connectivity index (χ3v) is 5.35.